The monoisotopic (exact) mass is 278 g/mol. The van der Waals surface area contributed by atoms with Crippen molar-refractivity contribution in [2.45, 2.75) is 24.6 Å². The zero-order valence-electron chi connectivity index (χ0n) is 11.2. The summed E-state index contributed by atoms with van der Waals surface area (Å²) in [5, 5.41) is 0.162. The molecule has 0 radical (unpaired) electrons. The van der Waals surface area contributed by atoms with Gasteiger partial charge in [-0.2, -0.15) is 0 Å². The van der Waals surface area contributed by atoms with Crippen LogP contribution in [0.2, 0.25) is 0 Å². The van der Waals surface area contributed by atoms with Crippen LogP contribution in [-0.2, 0) is 11.2 Å². The minimum atomic E-state index is 0.162. The van der Waals surface area contributed by atoms with Crippen LogP contribution in [0.3, 0.4) is 0 Å². The third kappa shape index (κ3) is 4.34. The summed E-state index contributed by atoms with van der Waals surface area (Å²) in [4.78, 5) is 13.0. The molecule has 1 atom stereocenters. The summed E-state index contributed by atoms with van der Waals surface area (Å²) in [5.74, 6) is 0.762. The van der Waals surface area contributed by atoms with E-state index in [1.165, 1.54) is 36.6 Å². The van der Waals surface area contributed by atoms with E-state index in [2.05, 4.69) is 35.2 Å². The molecule has 19 heavy (non-hydrogen) atoms. The molecule has 1 unspecified atom stereocenters. The van der Waals surface area contributed by atoms with Gasteiger partial charge in [0.15, 0.2) is 5.62 Å². The van der Waals surface area contributed by atoms with Gasteiger partial charge in [0.2, 0.25) is 0 Å². The molecule has 0 spiro atoms. The summed E-state index contributed by atoms with van der Waals surface area (Å²) in [6.45, 7) is 2.66. The maximum atomic E-state index is 10.6. The molecule has 3 nitrogen and oxygen atoms in total. The molecule has 2 rings (SSSR count). The lowest BCUT2D eigenvalue weighted by Gasteiger charge is -2.36. The zero-order chi connectivity index (χ0) is 13.5. The van der Waals surface area contributed by atoms with Gasteiger partial charge in [0.1, 0.15) is 0 Å². The number of carbonyl (C=O) groups is 1. The number of rotatable bonds is 6. The van der Waals surface area contributed by atoms with E-state index in [0.29, 0.717) is 6.54 Å². The van der Waals surface area contributed by atoms with Crippen molar-refractivity contribution in [3.05, 3.63) is 35.9 Å². The summed E-state index contributed by atoms with van der Waals surface area (Å²) in [5.41, 5.74) is 8.07. The number of nitrogens with two attached hydrogens (primary N) is 1. The second kappa shape index (κ2) is 7.68. The van der Waals surface area contributed by atoms with Gasteiger partial charge in [0.05, 0.1) is 5.37 Å². The molecular weight excluding hydrogens is 256 g/mol. The summed E-state index contributed by atoms with van der Waals surface area (Å²) < 4.78 is 0. The van der Waals surface area contributed by atoms with Crippen molar-refractivity contribution in [3.8, 4) is 0 Å². The highest BCUT2D eigenvalue weighted by Gasteiger charge is 2.24. The van der Waals surface area contributed by atoms with Gasteiger partial charge in [-0.15, -0.1) is 0 Å². The highest BCUT2D eigenvalue weighted by Crippen LogP contribution is 2.25. The molecule has 104 valence electrons. The van der Waals surface area contributed by atoms with E-state index in [-0.39, 0.29) is 5.37 Å². The predicted molar refractivity (Wildman–Crippen MR) is 81.6 cm³/mol. The fourth-order valence-electron chi connectivity index (χ4n) is 2.75. The van der Waals surface area contributed by atoms with Crippen LogP contribution in [0.15, 0.2) is 30.3 Å². The first kappa shape index (κ1) is 14.6. The van der Waals surface area contributed by atoms with Crippen LogP contribution in [0.4, 0.5) is 0 Å². The minimum Gasteiger partial charge on any atom is -0.328 e. The third-order valence-corrected chi connectivity index (χ3v) is 4.75. The Kier molecular flexibility index (Phi) is 5.89. The molecular formula is C15H22N2OS. The van der Waals surface area contributed by atoms with E-state index in [1.54, 1.807) is 0 Å². The van der Waals surface area contributed by atoms with E-state index >= 15 is 0 Å². The Bertz CT molecular complexity index is 377. The van der Waals surface area contributed by atoms with Crippen LogP contribution in [0.25, 0.3) is 0 Å². The highest BCUT2D eigenvalue weighted by atomic mass is 32.2. The smallest absolute Gasteiger partial charge is 0.177 e. The van der Waals surface area contributed by atoms with Gasteiger partial charge in [-0.1, -0.05) is 42.1 Å². The van der Waals surface area contributed by atoms with Gasteiger partial charge in [0.25, 0.3) is 0 Å². The normalized spacial score (nSPS) is 19.2. The zero-order valence-corrected chi connectivity index (χ0v) is 12.0. The van der Waals surface area contributed by atoms with Crippen molar-refractivity contribution in [2.24, 2.45) is 11.7 Å². The number of carbonyl (C=O) groups excluding carboxylic acids is 1. The van der Waals surface area contributed by atoms with Crippen LogP contribution in [0.1, 0.15) is 18.4 Å². The first-order valence-electron chi connectivity index (χ1n) is 6.90. The van der Waals surface area contributed by atoms with Gasteiger partial charge in [-0.3, -0.25) is 9.69 Å². The third-order valence-electron chi connectivity index (χ3n) is 3.84. The first-order valence-corrected chi connectivity index (χ1v) is 7.85. The minimum absolute atomic E-state index is 0.162. The predicted octanol–water partition coefficient (Wildman–Crippen LogP) is 2.15. The molecule has 1 heterocycles. The van der Waals surface area contributed by atoms with Crippen molar-refractivity contribution in [3.63, 3.8) is 0 Å². The summed E-state index contributed by atoms with van der Waals surface area (Å²) >= 11 is 1.31. The van der Waals surface area contributed by atoms with Crippen molar-refractivity contribution in [2.75, 3.05) is 19.6 Å². The van der Waals surface area contributed by atoms with Crippen LogP contribution in [0, 0.1) is 5.92 Å². The highest BCUT2D eigenvalue weighted by molar-refractivity contribution is 8.12. The average molecular weight is 278 g/mol. The van der Waals surface area contributed by atoms with Crippen molar-refractivity contribution < 1.29 is 4.79 Å². The molecule has 0 amide bonds. The summed E-state index contributed by atoms with van der Waals surface area (Å²) in [7, 11) is 0. The molecule has 2 N–H and O–H groups in total. The van der Waals surface area contributed by atoms with Crippen molar-refractivity contribution in [1.29, 1.82) is 0 Å². The number of piperidine rings is 1. The molecule has 0 saturated carbocycles. The standard InChI is InChI=1S/C15H22N2OS/c16-11-15(19-12-18)17-8-6-14(7-9-17)10-13-4-2-1-3-5-13/h1-5,12,14-15H,6-11,16H2. The Labute approximate surface area is 119 Å². The van der Waals surface area contributed by atoms with Crippen molar-refractivity contribution >= 4 is 17.4 Å². The lowest BCUT2D eigenvalue weighted by molar-refractivity contribution is 0.174. The van der Waals surface area contributed by atoms with Crippen LogP contribution >= 0.6 is 11.8 Å². The summed E-state index contributed by atoms with van der Waals surface area (Å²) in [6, 6.07) is 10.7. The molecule has 0 aromatic heterocycles. The van der Waals surface area contributed by atoms with Crippen LogP contribution in [-0.4, -0.2) is 35.5 Å². The van der Waals surface area contributed by atoms with E-state index in [9.17, 15) is 4.79 Å². The lowest BCUT2D eigenvalue weighted by Crippen LogP contribution is -2.43. The van der Waals surface area contributed by atoms with E-state index in [0.717, 1.165) is 24.6 Å². The maximum Gasteiger partial charge on any atom is 0.177 e. The molecule has 1 aromatic carbocycles. The average Bonchev–Trinajstić information content (AvgIpc) is 2.47. The Morgan fingerprint density at radius 1 is 1.32 bits per heavy atom. The maximum absolute atomic E-state index is 10.6. The van der Waals surface area contributed by atoms with E-state index in [1.807, 2.05) is 0 Å². The summed E-state index contributed by atoms with van der Waals surface area (Å²) in [6.07, 6.45) is 3.57. The fourth-order valence-corrected chi connectivity index (χ4v) is 3.37. The van der Waals surface area contributed by atoms with Crippen LogP contribution < -0.4 is 5.73 Å². The number of thioether (sulfide) groups is 1. The van der Waals surface area contributed by atoms with E-state index < -0.39 is 0 Å². The van der Waals surface area contributed by atoms with Gasteiger partial charge in [-0.05, 0) is 43.8 Å². The van der Waals surface area contributed by atoms with Gasteiger partial charge < -0.3 is 5.73 Å². The number of likely N-dealkylation sites (tertiary alicyclic amines) is 1. The lowest BCUT2D eigenvalue weighted by atomic mass is 9.90. The molecule has 1 aliphatic rings. The van der Waals surface area contributed by atoms with Gasteiger partial charge in [0, 0.05) is 6.54 Å². The van der Waals surface area contributed by atoms with Crippen molar-refractivity contribution in [1.82, 2.24) is 4.90 Å². The SMILES string of the molecule is NCC(SC=O)N1CCC(Cc2ccccc2)CC1. The van der Waals surface area contributed by atoms with Gasteiger partial charge >= 0.3 is 0 Å². The topological polar surface area (TPSA) is 46.3 Å². The second-order valence-electron chi connectivity index (χ2n) is 5.09. The molecule has 4 heteroatoms. The molecule has 0 aliphatic carbocycles. The van der Waals surface area contributed by atoms with Gasteiger partial charge in [-0.25, -0.2) is 0 Å². The largest absolute Gasteiger partial charge is 0.328 e. The molecule has 1 saturated heterocycles. The second-order valence-corrected chi connectivity index (χ2v) is 6.10. The Morgan fingerprint density at radius 3 is 2.58 bits per heavy atom. The Hall–Kier alpha value is -0.840. The number of hydrogen-bond acceptors (Lipinski definition) is 4. The Morgan fingerprint density at radius 2 is 2.00 bits per heavy atom. The number of hydrogen-bond donors (Lipinski definition) is 1. The molecule has 1 fully saturated rings. The number of benzene rings is 1. The number of nitrogens with zero attached hydrogens (tertiary/aromatic N) is 1. The fraction of sp³-hybridized carbons (Fsp3) is 0.533. The molecule has 0 bridgehead atoms. The first-order chi connectivity index (χ1) is 9.33. The molecule has 1 aliphatic heterocycles. The Balaban J connectivity index is 1.80. The van der Waals surface area contributed by atoms with Crippen LogP contribution in [0.5, 0.6) is 0 Å². The van der Waals surface area contributed by atoms with E-state index in [4.69, 9.17) is 5.73 Å². The molecule has 1 aromatic rings. The quantitative estimate of drug-likeness (QED) is 0.810.